The average molecular weight is 580 g/mol. The first kappa shape index (κ1) is 32.5. The van der Waals surface area contributed by atoms with Crippen LogP contribution in [0.3, 0.4) is 0 Å². The lowest BCUT2D eigenvalue weighted by molar-refractivity contribution is -0.155. The standard InChI is InChI=1S/C33H42FN3O5/c1-21(2)17-28(31(39)41-26-9-7-8-10-26)37(32(40)42-33(4,5)6)20-23-11-14-25(15-12-23)36-30(35)19-29(38)24-13-16-27(34)22(3)18-24/h11-16,18,26,28H,1,7-10,17,19-20H2,2-6H3,(H2,35,36). The molecule has 226 valence electrons. The third-order valence-corrected chi connectivity index (χ3v) is 6.79. The Morgan fingerprint density at radius 1 is 1.12 bits per heavy atom. The second-order valence-electron chi connectivity index (χ2n) is 12.0. The SMILES string of the molecule is C=C(C)CC(C(=O)OC1CCCC1)N(Cc1ccc(N=C(N)CC(=O)c2ccc(F)c(C)c2)cc1)C(=O)OC(C)(C)C. The number of amides is 1. The van der Waals surface area contributed by atoms with E-state index in [0.29, 0.717) is 16.8 Å². The quantitative estimate of drug-likeness (QED) is 0.101. The molecular weight excluding hydrogens is 537 g/mol. The maximum absolute atomic E-state index is 13.5. The monoisotopic (exact) mass is 579 g/mol. The van der Waals surface area contributed by atoms with Crippen molar-refractivity contribution in [2.45, 2.75) is 97.4 Å². The smallest absolute Gasteiger partial charge is 0.411 e. The predicted octanol–water partition coefficient (Wildman–Crippen LogP) is 6.95. The Kier molecular flexibility index (Phi) is 11.0. The summed E-state index contributed by atoms with van der Waals surface area (Å²) in [6.07, 6.45) is 3.01. The van der Waals surface area contributed by atoms with Gasteiger partial charge in [0, 0.05) is 12.1 Å². The van der Waals surface area contributed by atoms with Crippen molar-refractivity contribution >= 4 is 29.4 Å². The van der Waals surface area contributed by atoms with Crippen LogP contribution in [0.5, 0.6) is 0 Å². The molecule has 2 aromatic carbocycles. The number of ether oxygens (including phenoxy) is 2. The van der Waals surface area contributed by atoms with Crippen LogP contribution in [0.15, 0.2) is 59.6 Å². The number of amidine groups is 1. The molecule has 3 rings (SSSR count). The van der Waals surface area contributed by atoms with E-state index in [2.05, 4.69) is 11.6 Å². The first-order valence-electron chi connectivity index (χ1n) is 14.3. The Morgan fingerprint density at radius 3 is 2.33 bits per heavy atom. The van der Waals surface area contributed by atoms with Crippen LogP contribution >= 0.6 is 0 Å². The molecule has 2 aromatic rings. The van der Waals surface area contributed by atoms with Gasteiger partial charge in [0.25, 0.3) is 0 Å². The maximum atomic E-state index is 13.5. The van der Waals surface area contributed by atoms with Crippen LogP contribution in [-0.4, -0.2) is 46.3 Å². The third-order valence-electron chi connectivity index (χ3n) is 6.79. The molecular formula is C33H42FN3O5. The predicted molar refractivity (Wildman–Crippen MR) is 161 cm³/mol. The van der Waals surface area contributed by atoms with Crippen molar-refractivity contribution in [2.24, 2.45) is 10.7 Å². The number of hydrogen-bond donors (Lipinski definition) is 1. The molecule has 1 atom stereocenters. The molecule has 1 aliphatic rings. The first-order valence-corrected chi connectivity index (χ1v) is 14.3. The van der Waals surface area contributed by atoms with Crippen LogP contribution in [0.25, 0.3) is 0 Å². The van der Waals surface area contributed by atoms with Gasteiger partial charge in [0.05, 0.1) is 12.1 Å². The van der Waals surface area contributed by atoms with Gasteiger partial charge in [-0.25, -0.2) is 19.0 Å². The Bertz CT molecular complexity index is 1320. The van der Waals surface area contributed by atoms with Crippen LogP contribution < -0.4 is 5.73 Å². The zero-order valence-electron chi connectivity index (χ0n) is 25.2. The summed E-state index contributed by atoms with van der Waals surface area (Å²) in [4.78, 5) is 45.0. The highest BCUT2D eigenvalue weighted by Crippen LogP contribution is 2.25. The van der Waals surface area contributed by atoms with Crippen LogP contribution in [-0.2, 0) is 20.8 Å². The molecule has 1 amide bonds. The Balaban J connectivity index is 1.78. The molecule has 0 aromatic heterocycles. The van der Waals surface area contributed by atoms with E-state index >= 15 is 0 Å². The van der Waals surface area contributed by atoms with Gasteiger partial charge in [-0.2, -0.15) is 0 Å². The van der Waals surface area contributed by atoms with Crippen molar-refractivity contribution in [2.75, 3.05) is 0 Å². The molecule has 42 heavy (non-hydrogen) atoms. The van der Waals surface area contributed by atoms with Crippen LogP contribution in [0.4, 0.5) is 14.9 Å². The summed E-state index contributed by atoms with van der Waals surface area (Å²) < 4.78 is 25.0. The summed E-state index contributed by atoms with van der Waals surface area (Å²) in [5.74, 6) is -1.00. The first-order chi connectivity index (χ1) is 19.7. The van der Waals surface area contributed by atoms with Crippen molar-refractivity contribution in [3.8, 4) is 0 Å². The summed E-state index contributed by atoms with van der Waals surface area (Å²) >= 11 is 0. The highest BCUT2D eigenvalue weighted by Gasteiger charge is 2.35. The largest absolute Gasteiger partial charge is 0.461 e. The number of aryl methyl sites for hydroxylation is 1. The number of ketones is 1. The summed E-state index contributed by atoms with van der Waals surface area (Å²) in [6.45, 7) is 12.8. The zero-order chi connectivity index (χ0) is 31.0. The lowest BCUT2D eigenvalue weighted by Gasteiger charge is -2.33. The van der Waals surface area contributed by atoms with Crippen molar-refractivity contribution in [1.82, 2.24) is 4.90 Å². The fraction of sp³-hybridized carbons (Fsp3) is 0.455. The number of benzene rings is 2. The van der Waals surface area contributed by atoms with E-state index in [1.807, 2.05) is 6.92 Å². The lowest BCUT2D eigenvalue weighted by Crippen LogP contribution is -2.48. The molecule has 9 heteroatoms. The summed E-state index contributed by atoms with van der Waals surface area (Å²) in [7, 11) is 0. The Morgan fingerprint density at radius 2 is 1.76 bits per heavy atom. The highest BCUT2D eigenvalue weighted by atomic mass is 19.1. The molecule has 1 aliphatic carbocycles. The fourth-order valence-corrected chi connectivity index (χ4v) is 4.69. The molecule has 0 radical (unpaired) electrons. The van der Waals surface area contributed by atoms with Crippen molar-refractivity contribution in [3.05, 3.63) is 77.1 Å². The third kappa shape index (κ3) is 9.82. The molecule has 0 spiro atoms. The van der Waals surface area contributed by atoms with Gasteiger partial charge in [-0.3, -0.25) is 9.69 Å². The van der Waals surface area contributed by atoms with Crippen LogP contribution in [0.1, 0.15) is 87.7 Å². The van der Waals surface area contributed by atoms with Gasteiger partial charge in [0.15, 0.2) is 5.78 Å². The minimum absolute atomic E-state index is 0.0918. The summed E-state index contributed by atoms with van der Waals surface area (Å²) in [5, 5.41) is 0. The number of carbonyl (C=O) groups excluding carboxylic acids is 3. The summed E-state index contributed by atoms with van der Waals surface area (Å²) in [6, 6.07) is 10.2. The molecule has 8 nitrogen and oxygen atoms in total. The molecule has 1 saturated carbocycles. The van der Waals surface area contributed by atoms with E-state index in [1.165, 1.54) is 23.1 Å². The number of nitrogens with zero attached hydrogens (tertiary/aromatic N) is 2. The molecule has 0 saturated heterocycles. The number of hydrogen-bond acceptors (Lipinski definition) is 6. The van der Waals surface area contributed by atoms with Gasteiger partial charge >= 0.3 is 12.1 Å². The number of carbonyl (C=O) groups is 3. The van der Waals surface area contributed by atoms with Crippen LogP contribution in [0, 0.1) is 12.7 Å². The highest BCUT2D eigenvalue weighted by molar-refractivity contribution is 6.09. The van der Waals surface area contributed by atoms with Crippen molar-refractivity contribution in [3.63, 3.8) is 0 Å². The van der Waals surface area contributed by atoms with Gasteiger partial charge in [-0.15, -0.1) is 6.58 Å². The number of rotatable bonds is 11. The minimum Gasteiger partial charge on any atom is -0.461 e. The number of esters is 1. The maximum Gasteiger partial charge on any atom is 0.411 e. The number of Topliss-reactive ketones (excluding diaryl/α,β-unsaturated/α-hetero) is 1. The van der Waals surface area contributed by atoms with Gasteiger partial charge in [0.2, 0.25) is 0 Å². The fourth-order valence-electron chi connectivity index (χ4n) is 4.69. The van der Waals surface area contributed by atoms with Gasteiger partial charge in [0.1, 0.15) is 29.4 Å². The van der Waals surface area contributed by atoms with Crippen molar-refractivity contribution < 1.29 is 28.2 Å². The Hall–Kier alpha value is -4.01. The van der Waals surface area contributed by atoms with Gasteiger partial charge in [-0.05, 0) is 108 Å². The number of aliphatic imine (C=N–C) groups is 1. The van der Waals surface area contributed by atoms with E-state index in [4.69, 9.17) is 15.2 Å². The van der Waals surface area contributed by atoms with E-state index < -0.39 is 23.7 Å². The van der Waals surface area contributed by atoms with Gasteiger partial charge < -0.3 is 15.2 Å². The lowest BCUT2D eigenvalue weighted by atomic mass is 10.0. The molecule has 1 unspecified atom stereocenters. The molecule has 2 N–H and O–H groups in total. The average Bonchev–Trinajstić information content (AvgIpc) is 3.40. The topological polar surface area (TPSA) is 111 Å². The summed E-state index contributed by atoms with van der Waals surface area (Å²) in [5.41, 5.74) is 8.00. The molecule has 1 fully saturated rings. The number of nitrogens with two attached hydrogens (primary N) is 1. The van der Waals surface area contributed by atoms with Crippen LogP contribution in [0.2, 0.25) is 0 Å². The van der Waals surface area contributed by atoms with Crippen molar-refractivity contribution in [1.29, 1.82) is 0 Å². The second kappa shape index (κ2) is 14.2. The Labute approximate surface area is 247 Å². The number of halogens is 1. The molecule has 0 bridgehead atoms. The zero-order valence-corrected chi connectivity index (χ0v) is 25.2. The second-order valence-corrected chi connectivity index (χ2v) is 12.0. The van der Waals surface area contributed by atoms with E-state index in [9.17, 15) is 18.8 Å². The normalized spacial score (nSPS) is 14.8. The van der Waals surface area contributed by atoms with E-state index in [-0.39, 0.29) is 42.9 Å². The van der Waals surface area contributed by atoms with E-state index in [0.717, 1.165) is 36.8 Å². The molecule has 0 aliphatic heterocycles. The van der Waals surface area contributed by atoms with E-state index in [1.54, 1.807) is 52.0 Å². The van der Waals surface area contributed by atoms with Gasteiger partial charge in [-0.1, -0.05) is 17.7 Å². The minimum atomic E-state index is -0.896. The molecule has 0 heterocycles.